The number of anilines is 2. The molecule has 3 heterocycles. The largest absolute Gasteiger partial charge is 0.388 e. The average Bonchev–Trinajstić information content (AvgIpc) is 3.26. The second-order valence-corrected chi connectivity index (χ2v) is 8.28. The lowest BCUT2D eigenvalue weighted by Gasteiger charge is -2.15. The summed E-state index contributed by atoms with van der Waals surface area (Å²) in [7, 11) is 3.96. The van der Waals surface area contributed by atoms with Gasteiger partial charge in [-0.3, -0.25) is 4.90 Å². The minimum Gasteiger partial charge on any atom is -0.388 e. The number of thiophene rings is 1. The molecule has 0 unspecified atom stereocenters. The highest BCUT2D eigenvalue weighted by Gasteiger charge is 2.25. The van der Waals surface area contributed by atoms with Gasteiger partial charge in [0.2, 0.25) is 0 Å². The molecule has 0 saturated carbocycles. The van der Waals surface area contributed by atoms with Crippen LogP contribution in [0.4, 0.5) is 11.5 Å². The fourth-order valence-corrected chi connectivity index (χ4v) is 4.94. The highest BCUT2D eigenvalue weighted by molar-refractivity contribution is 7.19. The first kappa shape index (κ1) is 19.1. The molecule has 1 aliphatic heterocycles. The van der Waals surface area contributed by atoms with Gasteiger partial charge in [0.25, 0.3) is 0 Å². The van der Waals surface area contributed by atoms with Gasteiger partial charge < -0.3 is 16.0 Å². The number of hydrogen-bond donors (Lipinski definition) is 3. The number of benzene rings is 1. The van der Waals surface area contributed by atoms with Gasteiger partial charge in [-0.1, -0.05) is 12.1 Å². The Morgan fingerprint density at radius 1 is 1.07 bits per heavy atom. The van der Waals surface area contributed by atoms with Crippen molar-refractivity contribution in [1.29, 1.82) is 0 Å². The molecule has 1 aliphatic rings. The van der Waals surface area contributed by atoms with Crippen LogP contribution in [-0.4, -0.2) is 48.6 Å². The van der Waals surface area contributed by atoms with Crippen LogP contribution in [0, 0.1) is 0 Å². The smallest absolute Gasteiger partial charge is 0.138 e. The zero-order valence-electron chi connectivity index (χ0n) is 16.6. The van der Waals surface area contributed by atoms with Gasteiger partial charge in [-0.05, 0) is 49.7 Å². The summed E-state index contributed by atoms with van der Waals surface area (Å²) in [6.45, 7) is 5.10. The predicted molar refractivity (Wildman–Crippen MR) is 118 cm³/mol. The van der Waals surface area contributed by atoms with E-state index in [1.54, 1.807) is 6.33 Å². The van der Waals surface area contributed by atoms with E-state index in [9.17, 15) is 0 Å². The van der Waals surface area contributed by atoms with Crippen LogP contribution in [0.15, 0.2) is 30.6 Å². The third kappa shape index (κ3) is 4.11. The van der Waals surface area contributed by atoms with Gasteiger partial charge in [0.1, 0.15) is 17.0 Å². The molecule has 28 heavy (non-hydrogen) atoms. The minimum absolute atomic E-state index is 0.863. The molecule has 3 N–H and O–H groups in total. The molecular weight excluding hydrogens is 368 g/mol. The van der Waals surface area contributed by atoms with Crippen LogP contribution in [0.25, 0.3) is 10.2 Å². The Balaban J connectivity index is 1.43. The summed E-state index contributed by atoms with van der Waals surface area (Å²) in [6, 6.07) is 8.59. The number of rotatable bonds is 9. The van der Waals surface area contributed by atoms with Crippen LogP contribution >= 0.6 is 11.3 Å². The molecule has 0 fully saturated rings. The van der Waals surface area contributed by atoms with E-state index in [0.717, 1.165) is 55.5 Å². The maximum atomic E-state index is 4.56. The molecule has 0 amide bonds. The Morgan fingerprint density at radius 3 is 2.71 bits per heavy atom. The molecule has 1 aromatic carbocycles. The van der Waals surface area contributed by atoms with E-state index < -0.39 is 0 Å². The van der Waals surface area contributed by atoms with Crippen LogP contribution in [0.2, 0.25) is 0 Å². The molecular formula is C21H28N6S. The summed E-state index contributed by atoms with van der Waals surface area (Å²) in [5.41, 5.74) is 3.89. The first-order valence-electron chi connectivity index (χ1n) is 9.91. The Labute approximate surface area is 170 Å². The van der Waals surface area contributed by atoms with Crippen molar-refractivity contribution < 1.29 is 0 Å². The molecule has 0 aliphatic carbocycles. The fraction of sp³-hybridized carbons (Fsp3) is 0.429. The zero-order valence-corrected chi connectivity index (χ0v) is 17.4. The van der Waals surface area contributed by atoms with Crippen molar-refractivity contribution in [2.45, 2.75) is 25.9 Å². The van der Waals surface area contributed by atoms with E-state index in [0.29, 0.717) is 0 Å². The maximum Gasteiger partial charge on any atom is 0.138 e. The zero-order chi connectivity index (χ0) is 19.3. The van der Waals surface area contributed by atoms with Crippen LogP contribution in [-0.2, 0) is 19.5 Å². The monoisotopic (exact) mass is 396 g/mol. The van der Waals surface area contributed by atoms with Crippen molar-refractivity contribution in [3.63, 3.8) is 0 Å². The van der Waals surface area contributed by atoms with Crippen molar-refractivity contribution in [2.24, 2.45) is 0 Å². The Morgan fingerprint density at radius 2 is 1.93 bits per heavy atom. The topological polar surface area (TPSA) is 65.1 Å². The van der Waals surface area contributed by atoms with Crippen LogP contribution in [0.1, 0.15) is 22.4 Å². The van der Waals surface area contributed by atoms with Gasteiger partial charge in [0.05, 0.1) is 5.39 Å². The van der Waals surface area contributed by atoms with Gasteiger partial charge in [-0.15, -0.1) is 11.3 Å². The molecule has 0 bridgehead atoms. The first-order valence-corrected chi connectivity index (χ1v) is 10.7. The van der Waals surface area contributed by atoms with Gasteiger partial charge >= 0.3 is 0 Å². The SMILES string of the molecule is CNCCCN1Cc2sc3ncnc(NCCc4ccc(NC)cc4)c3c2C1. The number of aromatic nitrogens is 2. The van der Waals surface area contributed by atoms with Gasteiger partial charge in [0.15, 0.2) is 0 Å². The van der Waals surface area contributed by atoms with Crippen LogP contribution in [0.5, 0.6) is 0 Å². The third-order valence-corrected chi connectivity index (χ3v) is 6.39. The van der Waals surface area contributed by atoms with Crippen molar-refractivity contribution in [2.75, 3.05) is 44.4 Å². The molecule has 7 heteroatoms. The number of nitrogens with one attached hydrogen (secondary N) is 3. The van der Waals surface area contributed by atoms with Gasteiger partial charge in [-0.2, -0.15) is 0 Å². The second-order valence-electron chi connectivity index (χ2n) is 7.20. The highest BCUT2D eigenvalue weighted by Crippen LogP contribution is 2.39. The lowest BCUT2D eigenvalue weighted by Crippen LogP contribution is -2.21. The average molecular weight is 397 g/mol. The van der Waals surface area contributed by atoms with E-state index in [1.807, 2.05) is 25.4 Å². The summed E-state index contributed by atoms with van der Waals surface area (Å²) >= 11 is 1.82. The number of nitrogens with zero attached hydrogens (tertiary/aromatic N) is 3. The molecule has 4 rings (SSSR count). The van der Waals surface area contributed by atoms with Gasteiger partial charge in [-0.25, -0.2) is 9.97 Å². The third-order valence-electron chi connectivity index (χ3n) is 5.27. The predicted octanol–water partition coefficient (Wildman–Crippen LogP) is 3.31. The Hall–Kier alpha value is -2.22. The van der Waals surface area contributed by atoms with E-state index in [2.05, 4.69) is 55.1 Å². The van der Waals surface area contributed by atoms with E-state index in [1.165, 1.54) is 27.8 Å². The quantitative estimate of drug-likeness (QED) is 0.482. The molecule has 0 atom stereocenters. The summed E-state index contributed by atoms with van der Waals surface area (Å²) in [6.07, 6.45) is 3.83. The lowest BCUT2D eigenvalue weighted by molar-refractivity contribution is 0.281. The van der Waals surface area contributed by atoms with Crippen LogP contribution < -0.4 is 16.0 Å². The van der Waals surface area contributed by atoms with Crippen molar-refractivity contribution in [3.05, 3.63) is 46.6 Å². The van der Waals surface area contributed by atoms with Crippen molar-refractivity contribution in [3.8, 4) is 0 Å². The lowest BCUT2D eigenvalue weighted by atomic mass is 10.1. The van der Waals surface area contributed by atoms with E-state index in [4.69, 9.17) is 0 Å². The summed E-state index contributed by atoms with van der Waals surface area (Å²) < 4.78 is 0. The molecule has 148 valence electrons. The van der Waals surface area contributed by atoms with E-state index >= 15 is 0 Å². The highest BCUT2D eigenvalue weighted by atomic mass is 32.1. The van der Waals surface area contributed by atoms with Crippen LogP contribution in [0.3, 0.4) is 0 Å². The molecule has 0 saturated heterocycles. The Bertz CT molecular complexity index is 921. The molecule has 3 aromatic rings. The number of hydrogen-bond acceptors (Lipinski definition) is 7. The fourth-order valence-electron chi connectivity index (χ4n) is 3.75. The van der Waals surface area contributed by atoms with Crippen molar-refractivity contribution >= 4 is 33.1 Å². The second kappa shape index (κ2) is 8.86. The summed E-state index contributed by atoms with van der Waals surface area (Å²) in [4.78, 5) is 14.2. The van der Waals surface area contributed by atoms with Crippen molar-refractivity contribution in [1.82, 2.24) is 20.2 Å². The summed E-state index contributed by atoms with van der Waals surface area (Å²) in [5, 5.41) is 11.2. The maximum absolute atomic E-state index is 4.56. The molecule has 6 nitrogen and oxygen atoms in total. The normalized spacial score (nSPS) is 13.8. The van der Waals surface area contributed by atoms with Gasteiger partial charge in [0, 0.05) is 43.8 Å². The molecule has 0 radical (unpaired) electrons. The molecule has 0 spiro atoms. The minimum atomic E-state index is 0.863. The standard InChI is InChI=1S/C21H28N6S/c1-22-9-3-11-27-12-17-18(13-27)28-21-19(17)20(25-14-26-21)24-10-8-15-4-6-16(23-2)7-5-15/h4-7,14,22-23H,3,8-13H2,1-2H3,(H,24,25,26). The first-order chi connectivity index (χ1) is 13.8. The number of fused-ring (bicyclic) bond motifs is 3. The van der Waals surface area contributed by atoms with E-state index in [-0.39, 0.29) is 0 Å². The Kier molecular flexibility index (Phi) is 6.04. The summed E-state index contributed by atoms with van der Waals surface area (Å²) in [5.74, 6) is 0.978. The molecule has 2 aromatic heterocycles.